The van der Waals surface area contributed by atoms with Gasteiger partial charge in [-0.05, 0) is 47.7 Å². The van der Waals surface area contributed by atoms with E-state index in [1.807, 2.05) is 42.7 Å². The van der Waals surface area contributed by atoms with Gasteiger partial charge in [0.2, 0.25) is 5.78 Å². The first kappa shape index (κ1) is 25.7. The number of H-pyrrole nitrogens is 1. The third-order valence-corrected chi connectivity index (χ3v) is 6.69. The zero-order chi connectivity index (χ0) is 25.7. The van der Waals surface area contributed by atoms with E-state index in [2.05, 4.69) is 25.9 Å². The third-order valence-electron chi connectivity index (χ3n) is 6.69. The lowest BCUT2D eigenvalue weighted by molar-refractivity contribution is 0.0857. The van der Waals surface area contributed by atoms with E-state index >= 15 is 0 Å². The Morgan fingerprint density at radius 3 is 2.75 bits per heavy atom. The van der Waals surface area contributed by atoms with E-state index in [4.69, 9.17) is 9.72 Å². The van der Waals surface area contributed by atoms with Gasteiger partial charge in [-0.1, -0.05) is 26.0 Å². The molecule has 3 atom stereocenters. The summed E-state index contributed by atoms with van der Waals surface area (Å²) in [6.07, 6.45) is 1.33. The number of nitrogens with zero attached hydrogens (tertiary/aromatic N) is 6. The molecule has 3 aromatic rings. The number of hydrogen-bond acceptors (Lipinski definition) is 8. The number of rotatable bonds is 11. The van der Waals surface area contributed by atoms with E-state index in [1.165, 1.54) is 4.90 Å². The number of hydrogen-bond donors (Lipinski definition) is 3. The molecular formula is C24H34N8O4. The molecule has 36 heavy (non-hydrogen) atoms. The second-order valence-corrected chi connectivity index (χ2v) is 9.63. The van der Waals surface area contributed by atoms with Gasteiger partial charge in [0.1, 0.15) is 0 Å². The smallest absolute Gasteiger partial charge is 0.407 e. The van der Waals surface area contributed by atoms with Crippen molar-refractivity contribution in [1.29, 1.82) is 0 Å². The third kappa shape index (κ3) is 5.71. The molecule has 1 aromatic carbocycles. The number of Topliss-reactive ketones (excluding diaryl/α,β-unsaturated/α-hetero) is 1. The summed E-state index contributed by atoms with van der Waals surface area (Å²) in [5.74, 6) is 0.624. The van der Waals surface area contributed by atoms with Crippen molar-refractivity contribution < 1.29 is 19.4 Å². The number of unbranched alkanes of at least 4 members (excludes halogenated alkanes) is 1. The molecule has 0 bridgehead atoms. The largest absolute Gasteiger partial charge is 0.465 e. The zero-order valence-electron chi connectivity index (χ0n) is 20.9. The molecule has 0 aliphatic carbocycles. The van der Waals surface area contributed by atoms with E-state index in [1.54, 1.807) is 7.11 Å². The first-order valence-electron chi connectivity index (χ1n) is 12.3. The fourth-order valence-electron chi connectivity index (χ4n) is 4.88. The number of carbonyl (C=O) groups excluding carboxylic acids is 1. The number of amides is 1. The van der Waals surface area contributed by atoms with Crippen molar-refractivity contribution in [2.75, 3.05) is 26.8 Å². The van der Waals surface area contributed by atoms with Crippen LogP contribution in [0.3, 0.4) is 0 Å². The molecule has 1 saturated heterocycles. The highest BCUT2D eigenvalue weighted by atomic mass is 16.5. The summed E-state index contributed by atoms with van der Waals surface area (Å²) >= 11 is 0. The Morgan fingerprint density at radius 1 is 1.25 bits per heavy atom. The topological polar surface area (TPSA) is 151 Å². The Bertz CT molecular complexity index is 1160. The van der Waals surface area contributed by atoms with Crippen LogP contribution in [0.25, 0.3) is 11.0 Å². The Labute approximate surface area is 209 Å². The van der Waals surface area contributed by atoms with Crippen molar-refractivity contribution in [2.45, 2.75) is 57.7 Å². The van der Waals surface area contributed by atoms with Crippen LogP contribution in [0, 0.1) is 5.92 Å². The molecule has 4 rings (SSSR count). The monoisotopic (exact) mass is 498 g/mol. The fraction of sp³-hybridized carbons (Fsp3) is 0.583. The minimum absolute atomic E-state index is 0.0372. The predicted octanol–water partition coefficient (Wildman–Crippen LogP) is 2.31. The van der Waals surface area contributed by atoms with Gasteiger partial charge in [0.25, 0.3) is 0 Å². The van der Waals surface area contributed by atoms with Crippen molar-refractivity contribution >= 4 is 22.9 Å². The van der Waals surface area contributed by atoms with Gasteiger partial charge >= 0.3 is 6.09 Å². The minimum atomic E-state index is -1.01. The van der Waals surface area contributed by atoms with Crippen LogP contribution in [-0.2, 0) is 11.3 Å². The molecule has 1 amide bonds. The molecule has 3 N–H and O–H groups in total. The van der Waals surface area contributed by atoms with E-state index < -0.39 is 12.1 Å². The number of aromatic amines is 1. The molecule has 2 aromatic heterocycles. The maximum absolute atomic E-state index is 13.9. The summed E-state index contributed by atoms with van der Waals surface area (Å²) in [5.41, 5.74) is 1.70. The van der Waals surface area contributed by atoms with Crippen LogP contribution < -0.4 is 5.32 Å². The number of aryl methyl sites for hydroxylation is 1. The quantitative estimate of drug-likeness (QED) is 0.267. The number of para-hydroxylation sites is 2. The molecule has 12 nitrogen and oxygen atoms in total. The molecule has 0 spiro atoms. The van der Waals surface area contributed by atoms with E-state index in [-0.39, 0.29) is 30.2 Å². The van der Waals surface area contributed by atoms with Crippen molar-refractivity contribution in [2.24, 2.45) is 5.92 Å². The lowest BCUT2D eigenvalue weighted by atomic mass is 9.91. The highest BCUT2D eigenvalue weighted by Crippen LogP contribution is 2.26. The van der Waals surface area contributed by atoms with Crippen LogP contribution in [0.1, 0.15) is 55.5 Å². The number of carboxylic acid groups (broad SMARTS) is 1. The number of fused-ring (bicyclic) bond motifs is 1. The van der Waals surface area contributed by atoms with E-state index in [9.17, 15) is 14.7 Å². The summed E-state index contributed by atoms with van der Waals surface area (Å²) in [5, 5.41) is 27.2. The maximum Gasteiger partial charge on any atom is 0.407 e. The highest BCUT2D eigenvalue weighted by Gasteiger charge is 2.36. The Kier molecular flexibility index (Phi) is 8.26. The number of nitrogens with one attached hydrogen (secondary N) is 2. The number of piperidine rings is 1. The van der Waals surface area contributed by atoms with Crippen molar-refractivity contribution in [3.05, 3.63) is 35.9 Å². The molecule has 1 fully saturated rings. The Balaban J connectivity index is 1.58. The van der Waals surface area contributed by atoms with Gasteiger partial charge in [0.15, 0.2) is 11.6 Å². The Hall–Kier alpha value is -3.38. The lowest BCUT2D eigenvalue weighted by Crippen LogP contribution is -2.55. The average molecular weight is 499 g/mol. The molecule has 1 unspecified atom stereocenters. The summed E-state index contributed by atoms with van der Waals surface area (Å²) in [4.78, 5) is 31.8. The van der Waals surface area contributed by atoms with Crippen molar-refractivity contribution in [1.82, 2.24) is 40.4 Å². The van der Waals surface area contributed by atoms with Crippen LogP contribution in [0.5, 0.6) is 0 Å². The first-order chi connectivity index (χ1) is 17.4. The number of carbonyl (C=O) groups is 2. The van der Waals surface area contributed by atoms with Crippen molar-refractivity contribution in [3.8, 4) is 0 Å². The molecule has 12 heteroatoms. The second kappa shape index (κ2) is 11.6. The number of methoxy groups -OCH3 is 1. The number of tetrazole rings is 1. The van der Waals surface area contributed by atoms with Gasteiger partial charge in [-0.2, -0.15) is 0 Å². The molecule has 3 heterocycles. The number of likely N-dealkylation sites (tertiary alicyclic amines) is 1. The van der Waals surface area contributed by atoms with Gasteiger partial charge in [0.05, 0.1) is 17.1 Å². The molecule has 1 aliphatic heterocycles. The SMILES string of the molecule is COCCCCn1c(C(=O)C(N[C@H]2C[C@@H](c3nnn[nH]3)CN(C(=O)O)C2)C(C)C)nc2ccccc21. The maximum atomic E-state index is 13.9. The van der Waals surface area contributed by atoms with E-state index in [0.717, 1.165) is 23.9 Å². The minimum Gasteiger partial charge on any atom is -0.465 e. The first-order valence-corrected chi connectivity index (χ1v) is 12.3. The van der Waals surface area contributed by atoms with Crippen LogP contribution in [-0.4, -0.2) is 90.9 Å². The number of aromatic nitrogens is 6. The van der Waals surface area contributed by atoms with Gasteiger partial charge in [0, 0.05) is 45.3 Å². The molecule has 0 saturated carbocycles. The average Bonchev–Trinajstić information content (AvgIpc) is 3.53. The van der Waals surface area contributed by atoms with Gasteiger partial charge in [-0.3, -0.25) is 4.79 Å². The molecule has 0 radical (unpaired) electrons. The fourth-order valence-corrected chi connectivity index (χ4v) is 4.88. The number of imidazole rings is 1. The molecular weight excluding hydrogens is 464 g/mol. The normalized spacial score (nSPS) is 19.2. The molecule has 1 aliphatic rings. The van der Waals surface area contributed by atoms with Gasteiger partial charge in [-0.15, -0.1) is 5.10 Å². The van der Waals surface area contributed by atoms with E-state index in [0.29, 0.717) is 37.8 Å². The summed E-state index contributed by atoms with van der Waals surface area (Å²) in [7, 11) is 1.68. The van der Waals surface area contributed by atoms with Crippen LogP contribution in [0.2, 0.25) is 0 Å². The van der Waals surface area contributed by atoms with Crippen LogP contribution in [0.15, 0.2) is 24.3 Å². The summed E-state index contributed by atoms with van der Waals surface area (Å²) in [6, 6.07) is 6.97. The van der Waals surface area contributed by atoms with Crippen LogP contribution >= 0.6 is 0 Å². The lowest BCUT2D eigenvalue weighted by Gasteiger charge is -2.37. The second-order valence-electron chi connectivity index (χ2n) is 9.63. The number of benzene rings is 1. The van der Waals surface area contributed by atoms with Gasteiger partial charge < -0.3 is 24.6 Å². The van der Waals surface area contributed by atoms with Gasteiger partial charge in [-0.25, -0.2) is 14.9 Å². The van der Waals surface area contributed by atoms with Crippen molar-refractivity contribution in [3.63, 3.8) is 0 Å². The summed E-state index contributed by atoms with van der Waals surface area (Å²) < 4.78 is 7.18. The predicted molar refractivity (Wildman–Crippen MR) is 132 cm³/mol. The standard InChI is InChI=1S/C24H34N8O4/c1-15(2)20(25-17-12-16(22-27-29-30-28-22)13-31(14-17)24(34)35)21(33)23-26-18-8-4-5-9-19(18)32(23)10-6-7-11-36-3/h4-5,8-9,15-17,20,25H,6-7,10-14H2,1-3H3,(H,34,35)(H,27,28,29,30)/t16-,17+,20?/m1/s1. The molecule has 194 valence electrons. The summed E-state index contributed by atoms with van der Waals surface area (Å²) in [6.45, 7) is 5.86. The Morgan fingerprint density at radius 2 is 2.06 bits per heavy atom. The highest BCUT2D eigenvalue weighted by molar-refractivity contribution is 6.00. The number of ketones is 1. The number of ether oxygens (including phenoxy) is 1. The zero-order valence-corrected chi connectivity index (χ0v) is 20.9. The van der Waals surface area contributed by atoms with Crippen LogP contribution in [0.4, 0.5) is 4.79 Å².